The number of fused-ring (bicyclic) bond motifs is 2. The predicted molar refractivity (Wildman–Crippen MR) is 116 cm³/mol. The van der Waals surface area contributed by atoms with E-state index in [-0.39, 0.29) is 0 Å². The molecule has 1 aromatic heterocycles. The van der Waals surface area contributed by atoms with Gasteiger partial charge in [0.05, 0.1) is 5.52 Å². The highest BCUT2D eigenvalue weighted by Crippen LogP contribution is 2.34. The van der Waals surface area contributed by atoms with Crippen LogP contribution in [0.15, 0.2) is 65.2 Å². The zero-order valence-electron chi connectivity index (χ0n) is 16.1. The molecule has 3 aromatic rings. The van der Waals surface area contributed by atoms with Crippen LogP contribution in [0.3, 0.4) is 0 Å². The van der Waals surface area contributed by atoms with Gasteiger partial charge in [-0.05, 0) is 66.1 Å². The summed E-state index contributed by atoms with van der Waals surface area (Å²) in [5.74, 6) is 0. The molecule has 0 spiro atoms. The molecule has 0 aliphatic carbocycles. The molecule has 1 aliphatic heterocycles. The van der Waals surface area contributed by atoms with Crippen molar-refractivity contribution in [2.45, 2.75) is 49.9 Å². The zero-order valence-corrected chi connectivity index (χ0v) is 16.9. The van der Waals surface area contributed by atoms with Gasteiger partial charge in [-0.1, -0.05) is 57.0 Å². The van der Waals surface area contributed by atoms with Crippen LogP contribution in [0.2, 0.25) is 0 Å². The fourth-order valence-electron chi connectivity index (χ4n) is 3.77. The maximum absolute atomic E-state index is 5.05. The van der Waals surface area contributed by atoms with Gasteiger partial charge in [-0.2, -0.15) is 0 Å². The molecule has 0 fully saturated rings. The number of aromatic nitrogens is 1. The summed E-state index contributed by atoms with van der Waals surface area (Å²) in [6.07, 6.45) is 6.93. The average molecular weight is 376 g/mol. The summed E-state index contributed by atoms with van der Waals surface area (Å²) in [4.78, 5) is 5.05. The van der Waals surface area contributed by atoms with Gasteiger partial charge in [0.1, 0.15) is 10.7 Å². The van der Waals surface area contributed by atoms with Gasteiger partial charge in [-0.3, -0.25) is 5.32 Å². The van der Waals surface area contributed by atoms with Crippen molar-refractivity contribution in [3.63, 3.8) is 0 Å². The number of hydrogen-bond donors (Lipinski definition) is 1. The summed E-state index contributed by atoms with van der Waals surface area (Å²) >= 11 is 1.92. The van der Waals surface area contributed by atoms with E-state index in [9.17, 15) is 0 Å². The molecule has 3 heteroatoms. The quantitative estimate of drug-likeness (QED) is 0.560. The Hall–Kier alpha value is -2.10. The van der Waals surface area contributed by atoms with Crippen LogP contribution in [0, 0.1) is 0 Å². The minimum atomic E-state index is 0.365. The second-order valence-electron chi connectivity index (χ2n) is 7.20. The largest absolute Gasteiger partial charge is 0.299 e. The van der Waals surface area contributed by atoms with Gasteiger partial charge in [0.15, 0.2) is 5.37 Å². The number of hydrogen-bond acceptors (Lipinski definition) is 2. The number of nitrogens with zero attached hydrogens (tertiary/aromatic N) is 1. The van der Waals surface area contributed by atoms with Crippen molar-refractivity contribution in [3.05, 3.63) is 71.3 Å². The van der Waals surface area contributed by atoms with Gasteiger partial charge in [-0.25, -0.2) is 4.98 Å². The molecule has 27 heavy (non-hydrogen) atoms. The van der Waals surface area contributed by atoms with Gasteiger partial charge in [0.2, 0.25) is 0 Å². The van der Waals surface area contributed by atoms with Crippen molar-refractivity contribution in [1.82, 2.24) is 4.98 Å². The highest BCUT2D eigenvalue weighted by Gasteiger charge is 2.27. The van der Waals surface area contributed by atoms with Crippen LogP contribution in [-0.4, -0.2) is 10.4 Å². The topological polar surface area (TPSA) is 29.5 Å². The molecular weight excluding hydrogens is 348 g/mol. The Morgan fingerprint density at radius 1 is 0.963 bits per heavy atom. The molecule has 138 valence electrons. The third-order valence-electron chi connectivity index (χ3n) is 5.09. The Bertz CT molecular complexity index is 977. The molecular formula is C24H27N2S+. The number of pyridine rings is 1. The van der Waals surface area contributed by atoms with Crippen LogP contribution in [0.25, 0.3) is 17.0 Å². The van der Waals surface area contributed by atoms with E-state index in [0.29, 0.717) is 5.37 Å². The van der Waals surface area contributed by atoms with E-state index < -0.39 is 0 Å². The lowest BCUT2D eigenvalue weighted by Crippen LogP contribution is -2.85. The summed E-state index contributed by atoms with van der Waals surface area (Å²) in [6, 6.07) is 19.5. The Morgan fingerprint density at radius 3 is 2.59 bits per heavy atom. The van der Waals surface area contributed by atoms with Crippen LogP contribution < -0.4 is 5.32 Å². The maximum Gasteiger partial charge on any atom is 0.165 e. The minimum absolute atomic E-state index is 0.365. The molecule has 0 saturated heterocycles. The summed E-state index contributed by atoms with van der Waals surface area (Å²) in [6.45, 7) is 4.51. The fraction of sp³-hybridized carbons (Fsp3) is 0.292. The third-order valence-corrected chi connectivity index (χ3v) is 6.36. The fourth-order valence-corrected chi connectivity index (χ4v) is 5.03. The summed E-state index contributed by atoms with van der Waals surface area (Å²) < 4.78 is 0. The second-order valence-corrected chi connectivity index (χ2v) is 8.33. The second kappa shape index (κ2) is 8.28. The molecule has 0 radical (unpaired) electrons. The molecule has 2 aromatic carbocycles. The van der Waals surface area contributed by atoms with Crippen molar-refractivity contribution in [2.24, 2.45) is 0 Å². The molecule has 1 atom stereocenters. The highest BCUT2D eigenvalue weighted by molar-refractivity contribution is 7.99. The minimum Gasteiger partial charge on any atom is -0.299 e. The van der Waals surface area contributed by atoms with E-state index in [1.54, 1.807) is 0 Å². The van der Waals surface area contributed by atoms with E-state index in [2.05, 4.69) is 79.8 Å². The number of thioether (sulfide) groups is 1. The average Bonchev–Trinajstić information content (AvgIpc) is 2.69. The first-order valence-corrected chi connectivity index (χ1v) is 10.9. The van der Waals surface area contributed by atoms with E-state index in [1.165, 1.54) is 39.2 Å². The SMILES string of the molecule is CCCC1=Cc2ccccc2[NH2+]C1Sc1nc2ccccc2cc1CCC. The smallest absolute Gasteiger partial charge is 0.165 e. The number of rotatable bonds is 6. The van der Waals surface area contributed by atoms with Crippen LogP contribution in [0.1, 0.15) is 44.2 Å². The van der Waals surface area contributed by atoms with Gasteiger partial charge in [0, 0.05) is 10.9 Å². The van der Waals surface area contributed by atoms with Crippen LogP contribution in [0.5, 0.6) is 0 Å². The van der Waals surface area contributed by atoms with E-state index in [1.807, 2.05) is 11.8 Å². The van der Waals surface area contributed by atoms with E-state index in [0.717, 1.165) is 24.8 Å². The third kappa shape index (κ3) is 3.95. The summed E-state index contributed by atoms with van der Waals surface area (Å²) in [5, 5.41) is 5.23. The first-order valence-electron chi connectivity index (χ1n) is 9.98. The molecule has 1 unspecified atom stereocenters. The van der Waals surface area contributed by atoms with Crippen molar-refractivity contribution < 1.29 is 5.32 Å². The van der Waals surface area contributed by atoms with Crippen molar-refractivity contribution in [3.8, 4) is 0 Å². The molecule has 4 rings (SSSR count). The Balaban J connectivity index is 1.71. The molecule has 0 saturated carbocycles. The predicted octanol–water partition coefficient (Wildman–Crippen LogP) is 5.70. The molecule has 2 nitrogen and oxygen atoms in total. The maximum atomic E-state index is 5.05. The standard InChI is InChI=1S/C24H26N2S/c1-3-9-19-15-17-11-5-7-13-21(17)25-23(19)27-24-20(10-4-2)16-18-12-6-8-14-22(18)26-24/h5-8,11-16,23,25H,3-4,9-10H2,1-2H3/p+1. The highest BCUT2D eigenvalue weighted by atomic mass is 32.2. The number of para-hydroxylation sites is 2. The number of quaternary nitrogens is 1. The monoisotopic (exact) mass is 375 g/mol. The zero-order chi connectivity index (χ0) is 18.6. The first-order chi connectivity index (χ1) is 13.3. The molecule has 2 N–H and O–H groups in total. The number of benzene rings is 2. The van der Waals surface area contributed by atoms with Crippen LogP contribution >= 0.6 is 11.8 Å². The van der Waals surface area contributed by atoms with Crippen molar-refractivity contribution in [1.29, 1.82) is 0 Å². The molecule has 0 bridgehead atoms. The van der Waals surface area contributed by atoms with Crippen molar-refractivity contribution >= 4 is 34.4 Å². The number of aryl methyl sites for hydroxylation is 1. The van der Waals surface area contributed by atoms with Crippen LogP contribution in [-0.2, 0) is 6.42 Å². The Labute approximate surface area is 166 Å². The normalized spacial score (nSPS) is 16.2. The summed E-state index contributed by atoms with van der Waals surface area (Å²) in [7, 11) is 0. The van der Waals surface area contributed by atoms with Crippen molar-refractivity contribution in [2.75, 3.05) is 0 Å². The lowest BCUT2D eigenvalue weighted by molar-refractivity contribution is -0.578. The van der Waals surface area contributed by atoms with Gasteiger partial charge < -0.3 is 0 Å². The lowest BCUT2D eigenvalue weighted by atomic mass is 10.0. The molecule has 2 heterocycles. The van der Waals surface area contributed by atoms with Gasteiger partial charge >= 0.3 is 0 Å². The number of nitrogens with two attached hydrogens (primary N) is 1. The first kappa shape index (κ1) is 18.3. The van der Waals surface area contributed by atoms with E-state index in [4.69, 9.17) is 4.98 Å². The van der Waals surface area contributed by atoms with Gasteiger partial charge in [-0.15, -0.1) is 0 Å². The Morgan fingerprint density at radius 2 is 1.74 bits per heavy atom. The van der Waals surface area contributed by atoms with E-state index >= 15 is 0 Å². The summed E-state index contributed by atoms with van der Waals surface area (Å²) in [5.41, 5.74) is 6.67. The lowest BCUT2D eigenvalue weighted by Gasteiger charge is -2.24. The molecule has 1 aliphatic rings. The van der Waals surface area contributed by atoms with Crippen LogP contribution in [0.4, 0.5) is 5.69 Å². The Kier molecular flexibility index (Phi) is 5.61. The van der Waals surface area contributed by atoms with Gasteiger partial charge in [0.25, 0.3) is 0 Å². The molecule has 0 amide bonds.